The van der Waals surface area contributed by atoms with E-state index in [1.807, 2.05) is 16.9 Å². The van der Waals surface area contributed by atoms with Crippen LogP contribution in [0.25, 0.3) is 10.9 Å². The molecule has 10 heteroatoms. The third-order valence-corrected chi connectivity index (χ3v) is 8.17. The van der Waals surface area contributed by atoms with Crippen LogP contribution in [0.4, 0.5) is 18.9 Å². The van der Waals surface area contributed by atoms with E-state index in [9.17, 15) is 18.0 Å². The number of pyridine rings is 1. The summed E-state index contributed by atoms with van der Waals surface area (Å²) in [7, 11) is 2.10. The highest BCUT2D eigenvalue weighted by atomic mass is 19.4. The Morgan fingerprint density at radius 2 is 1.85 bits per heavy atom. The van der Waals surface area contributed by atoms with E-state index in [-0.39, 0.29) is 11.1 Å². The zero-order valence-corrected chi connectivity index (χ0v) is 22.9. The molecule has 39 heavy (non-hydrogen) atoms. The number of anilines is 1. The Kier molecular flexibility index (Phi) is 7.35. The summed E-state index contributed by atoms with van der Waals surface area (Å²) in [6.07, 6.45) is 1.47. The number of halogens is 3. The zero-order chi connectivity index (χ0) is 27.9. The van der Waals surface area contributed by atoms with Gasteiger partial charge in [-0.2, -0.15) is 18.3 Å². The number of carbonyl (C=O) groups is 1. The highest BCUT2D eigenvalue weighted by Crippen LogP contribution is 2.47. The van der Waals surface area contributed by atoms with Crippen LogP contribution in [-0.2, 0) is 6.18 Å². The second-order valence-electron chi connectivity index (χ2n) is 12.1. The van der Waals surface area contributed by atoms with Crippen LogP contribution in [0.2, 0.25) is 0 Å². The number of ether oxygens (including phenoxy) is 1. The number of carbonyl (C=O) groups excluding carboxylic acids is 1. The molecule has 2 aromatic heterocycles. The summed E-state index contributed by atoms with van der Waals surface area (Å²) in [6, 6.07) is 7.21. The summed E-state index contributed by atoms with van der Waals surface area (Å²) in [5.74, 6) is 0.739. The molecule has 0 spiro atoms. The molecule has 1 aliphatic heterocycles. The van der Waals surface area contributed by atoms with Crippen LogP contribution >= 0.6 is 0 Å². The number of hydrogen-bond donors (Lipinski definition) is 1. The fraction of sp³-hybridized carbons (Fsp3) is 0.552. The number of fused-ring (bicyclic) bond motifs is 1. The summed E-state index contributed by atoms with van der Waals surface area (Å²) in [5, 5.41) is 8.39. The summed E-state index contributed by atoms with van der Waals surface area (Å²) < 4.78 is 47.7. The minimum absolute atomic E-state index is 0.257. The molecule has 0 radical (unpaired) electrons. The van der Waals surface area contributed by atoms with Crippen molar-refractivity contribution in [2.75, 3.05) is 32.1 Å². The van der Waals surface area contributed by atoms with Crippen LogP contribution in [0.1, 0.15) is 68.7 Å². The molecule has 210 valence electrons. The number of likely N-dealkylation sites (tertiary alicyclic amines) is 1. The summed E-state index contributed by atoms with van der Waals surface area (Å²) >= 11 is 0. The van der Waals surface area contributed by atoms with Crippen molar-refractivity contribution in [3.8, 4) is 5.75 Å². The smallest absolute Gasteiger partial charge is 0.433 e. The Morgan fingerprint density at radius 1 is 1.13 bits per heavy atom. The monoisotopic (exact) mass is 543 g/mol. The van der Waals surface area contributed by atoms with Crippen molar-refractivity contribution in [2.24, 2.45) is 17.3 Å². The Balaban J connectivity index is 1.40. The molecular formula is C29H36F3N5O2. The van der Waals surface area contributed by atoms with Crippen molar-refractivity contribution in [1.29, 1.82) is 0 Å². The fourth-order valence-electron chi connectivity index (χ4n) is 5.33. The van der Waals surface area contributed by atoms with Gasteiger partial charge in [-0.3, -0.25) is 9.48 Å². The molecule has 3 aromatic rings. The number of alkyl halides is 3. The van der Waals surface area contributed by atoms with Gasteiger partial charge in [0.05, 0.1) is 23.9 Å². The lowest BCUT2D eigenvalue weighted by Gasteiger charge is -2.43. The van der Waals surface area contributed by atoms with E-state index in [0.29, 0.717) is 35.9 Å². The minimum Gasteiger partial charge on any atom is -0.491 e. The first kappa shape index (κ1) is 27.4. The molecule has 0 unspecified atom stereocenters. The van der Waals surface area contributed by atoms with Crippen LogP contribution in [-0.4, -0.2) is 52.3 Å². The number of nitrogens with one attached hydrogen (secondary N) is 1. The maximum Gasteiger partial charge on any atom is 0.433 e. The van der Waals surface area contributed by atoms with Gasteiger partial charge in [0.2, 0.25) is 0 Å². The average Bonchev–Trinajstić information content (AvgIpc) is 3.23. The van der Waals surface area contributed by atoms with Gasteiger partial charge in [0.25, 0.3) is 5.91 Å². The van der Waals surface area contributed by atoms with Crippen molar-refractivity contribution in [1.82, 2.24) is 19.7 Å². The molecule has 0 atom stereocenters. The molecule has 7 nitrogen and oxygen atoms in total. The molecule has 2 aliphatic rings. The highest BCUT2D eigenvalue weighted by Gasteiger charge is 2.38. The molecule has 1 amide bonds. The van der Waals surface area contributed by atoms with Crippen molar-refractivity contribution < 1.29 is 22.7 Å². The zero-order valence-electron chi connectivity index (χ0n) is 22.9. The third-order valence-electron chi connectivity index (χ3n) is 8.17. The van der Waals surface area contributed by atoms with E-state index in [0.717, 1.165) is 55.7 Å². The maximum atomic E-state index is 13.2. The summed E-state index contributed by atoms with van der Waals surface area (Å²) in [5.41, 5.74) is -0.0280. The lowest BCUT2D eigenvalue weighted by atomic mass is 9.66. The van der Waals surface area contributed by atoms with Crippen molar-refractivity contribution in [3.63, 3.8) is 0 Å². The van der Waals surface area contributed by atoms with Gasteiger partial charge in [-0.25, -0.2) is 4.98 Å². The first-order valence-corrected chi connectivity index (χ1v) is 13.6. The van der Waals surface area contributed by atoms with Gasteiger partial charge >= 0.3 is 6.18 Å². The molecular weight excluding hydrogens is 507 g/mol. The van der Waals surface area contributed by atoms with E-state index >= 15 is 0 Å². The van der Waals surface area contributed by atoms with Crippen molar-refractivity contribution in [3.05, 3.63) is 47.9 Å². The highest BCUT2D eigenvalue weighted by molar-refractivity contribution is 6.05. The number of benzene rings is 1. The molecule has 0 bridgehead atoms. The van der Waals surface area contributed by atoms with E-state index < -0.39 is 17.8 Å². The lowest BCUT2D eigenvalue weighted by molar-refractivity contribution is -0.141. The van der Waals surface area contributed by atoms with Crippen LogP contribution in [0.5, 0.6) is 5.75 Å². The normalized spacial score (nSPS) is 21.1. The van der Waals surface area contributed by atoms with Gasteiger partial charge < -0.3 is 15.0 Å². The Morgan fingerprint density at radius 3 is 2.51 bits per heavy atom. The molecule has 3 heterocycles. The van der Waals surface area contributed by atoms with Crippen LogP contribution in [0.15, 0.2) is 36.5 Å². The van der Waals surface area contributed by atoms with E-state index in [1.54, 1.807) is 6.07 Å². The van der Waals surface area contributed by atoms with Gasteiger partial charge in [0.15, 0.2) is 0 Å². The number of hydrogen-bond acceptors (Lipinski definition) is 5. The molecule has 5 rings (SSSR count). The number of nitrogens with zero attached hydrogens (tertiary/aromatic N) is 4. The number of aromatic nitrogens is 3. The minimum atomic E-state index is -4.64. The van der Waals surface area contributed by atoms with E-state index in [1.165, 1.54) is 12.1 Å². The standard InChI is InChI=1S/C29H36F3N5O2/c1-28(2,3)20-13-21(14-20)37-16-19-12-24(34-27(38)22-6-5-7-26(33-22)29(30,31)32)25(15-23(19)35-37)39-17-18-8-10-36(4)11-9-18/h5-7,12,15-16,18,20-21H,8-11,13-14,17H2,1-4H3,(H,34,38). The Hall–Kier alpha value is -3.14. The topological polar surface area (TPSA) is 72.3 Å². The molecule has 1 saturated carbocycles. The van der Waals surface area contributed by atoms with E-state index in [2.05, 4.69) is 43.0 Å². The number of rotatable bonds is 6. The predicted octanol–water partition coefficient (Wildman–Crippen LogP) is 6.42. The van der Waals surface area contributed by atoms with E-state index in [4.69, 9.17) is 9.84 Å². The van der Waals surface area contributed by atoms with Crippen LogP contribution in [0.3, 0.4) is 0 Å². The van der Waals surface area contributed by atoms with Crippen LogP contribution in [0, 0.1) is 17.3 Å². The van der Waals surface area contributed by atoms with Gasteiger partial charge in [0.1, 0.15) is 17.1 Å². The largest absolute Gasteiger partial charge is 0.491 e. The van der Waals surface area contributed by atoms with Gasteiger partial charge in [0, 0.05) is 17.6 Å². The fourth-order valence-corrected chi connectivity index (χ4v) is 5.33. The van der Waals surface area contributed by atoms with Gasteiger partial charge in [-0.05, 0) is 81.3 Å². The molecule has 1 N–H and O–H groups in total. The van der Waals surface area contributed by atoms with Gasteiger partial charge in [-0.15, -0.1) is 0 Å². The van der Waals surface area contributed by atoms with Crippen LogP contribution < -0.4 is 10.1 Å². The average molecular weight is 544 g/mol. The molecule has 2 fully saturated rings. The number of amides is 1. The first-order chi connectivity index (χ1) is 18.4. The quantitative estimate of drug-likeness (QED) is 0.389. The first-order valence-electron chi connectivity index (χ1n) is 13.6. The second kappa shape index (κ2) is 10.4. The Labute approximate surface area is 226 Å². The summed E-state index contributed by atoms with van der Waals surface area (Å²) in [6.45, 7) is 9.26. The van der Waals surface area contributed by atoms with Gasteiger partial charge in [-0.1, -0.05) is 26.8 Å². The maximum absolute atomic E-state index is 13.2. The Bertz CT molecular complexity index is 1330. The molecule has 1 aliphatic carbocycles. The molecule has 1 saturated heterocycles. The third kappa shape index (κ3) is 6.21. The lowest BCUT2D eigenvalue weighted by Crippen LogP contribution is -2.35. The molecule has 1 aromatic carbocycles. The van der Waals surface area contributed by atoms with Crippen molar-refractivity contribution >= 4 is 22.5 Å². The SMILES string of the molecule is CN1CCC(COc2cc3nn(C4CC(C(C)(C)C)C4)cc3cc2NC(=O)c2cccc(C(F)(F)F)n2)CC1. The number of piperidine rings is 1. The van der Waals surface area contributed by atoms with Crippen molar-refractivity contribution in [2.45, 2.75) is 58.7 Å². The summed E-state index contributed by atoms with van der Waals surface area (Å²) in [4.78, 5) is 18.8. The predicted molar refractivity (Wildman–Crippen MR) is 144 cm³/mol. The second-order valence-corrected chi connectivity index (χ2v) is 12.1.